The smallest absolute Gasteiger partial charge is 0.273 e. The van der Waals surface area contributed by atoms with Crippen LogP contribution in [0.25, 0.3) is 5.69 Å². The van der Waals surface area contributed by atoms with Crippen molar-refractivity contribution in [3.05, 3.63) is 42.2 Å². The number of hydrogen-bond donors (Lipinski definition) is 2. The van der Waals surface area contributed by atoms with E-state index in [9.17, 15) is 13.2 Å². The van der Waals surface area contributed by atoms with Gasteiger partial charge in [0.1, 0.15) is 0 Å². The van der Waals surface area contributed by atoms with Crippen LogP contribution in [0.5, 0.6) is 0 Å². The Labute approximate surface area is 115 Å². The van der Waals surface area contributed by atoms with Crippen molar-refractivity contribution in [1.82, 2.24) is 20.3 Å². The maximum Gasteiger partial charge on any atom is 0.273 e. The second-order valence-electron chi connectivity index (χ2n) is 3.98. The van der Waals surface area contributed by atoms with Gasteiger partial charge in [0.25, 0.3) is 5.91 Å². The van der Waals surface area contributed by atoms with Gasteiger partial charge in [0, 0.05) is 6.54 Å². The third kappa shape index (κ3) is 3.87. The molecule has 106 valence electrons. The first kappa shape index (κ1) is 14.2. The van der Waals surface area contributed by atoms with E-state index in [-0.39, 0.29) is 18.0 Å². The number of primary sulfonamides is 1. The van der Waals surface area contributed by atoms with E-state index in [1.54, 1.807) is 12.1 Å². The van der Waals surface area contributed by atoms with E-state index in [1.807, 2.05) is 18.2 Å². The molecule has 1 aromatic heterocycles. The quantitative estimate of drug-likeness (QED) is 0.754. The van der Waals surface area contributed by atoms with Gasteiger partial charge in [-0.2, -0.15) is 9.90 Å². The fraction of sp³-hybridized carbons (Fsp3) is 0.182. The second kappa shape index (κ2) is 5.80. The third-order valence-electron chi connectivity index (χ3n) is 2.38. The molecule has 2 aromatic rings. The summed E-state index contributed by atoms with van der Waals surface area (Å²) in [6, 6.07) is 9.09. The largest absolute Gasteiger partial charge is 0.350 e. The number of aromatic nitrogens is 3. The van der Waals surface area contributed by atoms with Gasteiger partial charge in [0.15, 0.2) is 5.69 Å². The van der Waals surface area contributed by atoms with E-state index in [4.69, 9.17) is 5.14 Å². The number of amides is 1. The molecule has 0 atom stereocenters. The zero-order valence-corrected chi connectivity index (χ0v) is 11.2. The van der Waals surface area contributed by atoms with Crippen LogP contribution in [-0.2, 0) is 10.0 Å². The van der Waals surface area contributed by atoms with E-state index in [0.717, 1.165) is 5.69 Å². The molecule has 0 aliphatic rings. The normalized spacial score (nSPS) is 11.2. The minimum absolute atomic E-state index is 0.0735. The molecule has 3 N–H and O–H groups in total. The number of hydrogen-bond acceptors (Lipinski definition) is 5. The minimum atomic E-state index is -3.60. The SMILES string of the molecule is NS(=O)(=O)CCNC(=O)c1cnn(-c2ccccc2)n1. The van der Waals surface area contributed by atoms with Crippen LogP contribution in [0.3, 0.4) is 0 Å². The standard InChI is InChI=1S/C11H13N5O3S/c12-20(18,19)7-6-13-11(17)10-8-14-16(15-10)9-4-2-1-3-5-9/h1-5,8H,6-7H2,(H,13,17)(H2,12,18,19). The number of sulfonamides is 1. The first-order valence-electron chi connectivity index (χ1n) is 5.72. The summed E-state index contributed by atoms with van der Waals surface area (Å²) in [6.07, 6.45) is 1.30. The Bertz CT molecular complexity index is 696. The Morgan fingerprint density at radius 3 is 2.65 bits per heavy atom. The molecular weight excluding hydrogens is 282 g/mol. The summed E-state index contributed by atoms with van der Waals surface area (Å²) in [7, 11) is -3.60. The zero-order valence-electron chi connectivity index (χ0n) is 10.4. The molecule has 0 unspecified atom stereocenters. The molecule has 20 heavy (non-hydrogen) atoms. The van der Waals surface area contributed by atoms with Crippen molar-refractivity contribution in [3.63, 3.8) is 0 Å². The predicted octanol–water partition coefficient (Wildman–Crippen LogP) is -0.714. The Kier molecular flexibility index (Phi) is 4.11. The van der Waals surface area contributed by atoms with Crippen molar-refractivity contribution in [1.29, 1.82) is 0 Å². The van der Waals surface area contributed by atoms with Gasteiger partial charge < -0.3 is 5.32 Å². The van der Waals surface area contributed by atoms with Crippen molar-refractivity contribution in [2.75, 3.05) is 12.3 Å². The van der Waals surface area contributed by atoms with E-state index in [1.165, 1.54) is 11.0 Å². The minimum Gasteiger partial charge on any atom is -0.350 e. The van der Waals surface area contributed by atoms with Gasteiger partial charge >= 0.3 is 0 Å². The molecule has 0 saturated heterocycles. The lowest BCUT2D eigenvalue weighted by atomic mass is 10.3. The van der Waals surface area contributed by atoms with Gasteiger partial charge in [0.05, 0.1) is 17.6 Å². The summed E-state index contributed by atoms with van der Waals surface area (Å²) in [6.45, 7) is -0.0735. The van der Waals surface area contributed by atoms with Crippen LogP contribution >= 0.6 is 0 Å². The number of nitrogens with zero attached hydrogens (tertiary/aromatic N) is 3. The monoisotopic (exact) mass is 295 g/mol. The number of nitrogens with one attached hydrogen (secondary N) is 1. The fourth-order valence-electron chi connectivity index (χ4n) is 1.45. The number of carbonyl (C=O) groups excluding carboxylic acids is 1. The molecule has 2 rings (SSSR count). The van der Waals surface area contributed by atoms with Crippen molar-refractivity contribution in [2.24, 2.45) is 5.14 Å². The van der Waals surface area contributed by atoms with Crippen molar-refractivity contribution in [2.45, 2.75) is 0 Å². The van der Waals surface area contributed by atoms with Crippen molar-refractivity contribution < 1.29 is 13.2 Å². The van der Waals surface area contributed by atoms with Crippen molar-refractivity contribution in [3.8, 4) is 5.69 Å². The average Bonchev–Trinajstić information content (AvgIpc) is 2.88. The topological polar surface area (TPSA) is 120 Å². The maximum absolute atomic E-state index is 11.7. The van der Waals surface area contributed by atoms with E-state index in [2.05, 4.69) is 15.5 Å². The molecule has 0 spiro atoms. The number of nitrogens with two attached hydrogens (primary N) is 1. The summed E-state index contributed by atoms with van der Waals surface area (Å²) in [5, 5.41) is 15.2. The summed E-state index contributed by atoms with van der Waals surface area (Å²) >= 11 is 0. The first-order chi connectivity index (χ1) is 9.46. The summed E-state index contributed by atoms with van der Waals surface area (Å²) in [5.74, 6) is -0.832. The first-order valence-corrected chi connectivity index (χ1v) is 7.44. The van der Waals surface area contributed by atoms with Gasteiger partial charge in [-0.25, -0.2) is 13.6 Å². The van der Waals surface area contributed by atoms with Crippen LogP contribution in [0.2, 0.25) is 0 Å². The highest BCUT2D eigenvalue weighted by Crippen LogP contribution is 2.03. The number of para-hydroxylation sites is 1. The number of rotatable bonds is 5. The van der Waals surface area contributed by atoms with Crippen LogP contribution in [-0.4, -0.2) is 41.6 Å². The molecular formula is C11H13N5O3S. The van der Waals surface area contributed by atoms with Gasteiger partial charge in [-0.15, -0.1) is 5.10 Å². The summed E-state index contributed by atoms with van der Waals surface area (Å²) in [5.41, 5.74) is 0.819. The Morgan fingerprint density at radius 2 is 2.00 bits per heavy atom. The average molecular weight is 295 g/mol. The molecule has 1 amide bonds. The second-order valence-corrected chi connectivity index (χ2v) is 5.71. The van der Waals surface area contributed by atoms with Gasteiger partial charge in [-0.1, -0.05) is 18.2 Å². The van der Waals surface area contributed by atoms with Crippen molar-refractivity contribution >= 4 is 15.9 Å². The van der Waals surface area contributed by atoms with E-state index < -0.39 is 15.9 Å². The molecule has 9 heteroatoms. The Hall–Kier alpha value is -2.26. The molecule has 1 heterocycles. The van der Waals surface area contributed by atoms with Gasteiger partial charge in [-0.3, -0.25) is 4.79 Å². The molecule has 8 nitrogen and oxygen atoms in total. The van der Waals surface area contributed by atoms with Crippen LogP contribution in [0.4, 0.5) is 0 Å². The summed E-state index contributed by atoms with van der Waals surface area (Å²) in [4.78, 5) is 13.0. The molecule has 0 fully saturated rings. The zero-order chi connectivity index (χ0) is 14.6. The lowest BCUT2D eigenvalue weighted by Crippen LogP contribution is -2.31. The van der Waals surface area contributed by atoms with Gasteiger partial charge in [-0.05, 0) is 12.1 Å². The molecule has 0 aliphatic heterocycles. The lowest BCUT2D eigenvalue weighted by molar-refractivity contribution is 0.0950. The molecule has 1 aromatic carbocycles. The van der Waals surface area contributed by atoms with Crippen LogP contribution < -0.4 is 10.5 Å². The number of carbonyl (C=O) groups is 1. The molecule has 0 saturated carbocycles. The van der Waals surface area contributed by atoms with Crippen LogP contribution in [0.1, 0.15) is 10.5 Å². The molecule has 0 aliphatic carbocycles. The predicted molar refractivity (Wildman–Crippen MR) is 71.7 cm³/mol. The highest BCUT2D eigenvalue weighted by atomic mass is 32.2. The molecule has 0 radical (unpaired) electrons. The van der Waals surface area contributed by atoms with Crippen LogP contribution in [0, 0.1) is 0 Å². The summed E-state index contributed by atoms with van der Waals surface area (Å²) < 4.78 is 21.5. The van der Waals surface area contributed by atoms with E-state index >= 15 is 0 Å². The van der Waals surface area contributed by atoms with Crippen LogP contribution in [0.15, 0.2) is 36.5 Å². The highest BCUT2D eigenvalue weighted by Gasteiger charge is 2.12. The lowest BCUT2D eigenvalue weighted by Gasteiger charge is -2.01. The fourth-order valence-corrected chi connectivity index (χ4v) is 1.84. The maximum atomic E-state index is 11.7. The highest BCUT2D eigenvalue weighted by molar-refractivity contribution is 7.89. The Balaban J connectivity index is 2.00. The Morgan fingerprint density at radius 1 is 1.30 bits per heavy atom. The van der Waals surface area contributed by atoms with Gasteiger partial charge in [0.2, 0.25) is 10.0 Å². The molecule has 0 bridgehead atoms. The third-order valence-corrected chi connectivity index (χ3v) is 3.16. The van der Waals surface area contributed by atoms with E-state index in [0.29, 0.717) is 0 Å². The number of benzene rings is 1.